The summed E-state index contributed by atoms with van der Waals surface area (Å²) in [5.41, 5.74) is 0.726. The van der Waals surface area contributed by atoms with Crippen LogP contribution in [0.15, 0.2) is 60.7 Å². The van der Waals surface area contributed by atoms with E-state index in [4.69, 9.17) is 33.2 Å². The van der Waals surface area contributed by atoms with Gasteiger partial charge in [-0.3, -0.25) is 9.59 Å². The van der Waals surface area contributed by atoms with Gasteiger partial charge in [0.05, 0.1) is 0 Å². The first-order chi connectivity index (χ1) is 18.7. The molecule has 1 saturated carbocycles. The van der Waals surface area contributed by atoms with E-state index < -0.39 is 79.2 Å². The van der Waals surface area contributed by atoms with E-state index in [1.807, 2.05) is 0 Å². The summed E-state index contributed by atoms with van der Waals surface area (Å²) in [5, 5.41) is 10.9. The summed E-state index contributed by atoms with van der Waals surface area (Å²) in [4.78, 5) is 49.9. The average Bonchev–Trinajstić information content (AvgIpc) is 2.92. The molecule has 4 aliphatic rings. The van der Waals surface area contributed by atoms with Gasteiger partial charge >= 0.3 is 23.9 Å². The van der Waals surface area contributed by atoms with Gasteiger partial charge in [0.25, 0.3) is 6.48 Å². The van der Waals surface area contributed by atoms with E-state index in [0.717, 1.165) is 13.8 Å². The second-order valence-electron chi connectivity index (χ2n) is 9.18. The summed E-state index contributed by atoms with van der Waals surface area (Å²) in [6, 6.07) is 16.5. The molecule has 0 amide bonds. The predicted molar refractivity (Wildman–Crippen MR) is 126 cm³/mol. The predicted octanol–water partition coefficient (Wildman–Crippen LogP) is 1.26. The minimum absolute atomic E-state index is 0.363. The van der Waals surface area contributed by atoms with Crippen molar-refractivity contribution in [2.45, 2.75) is 69.2 Å². The molecular formula is C27H26O12. The van der Waals surface area contributed by atoms with Crippen LogP contribution >= 0.6 is 0 Å². The third-order valence-electron chi connectivity index (χ3n) is 6.48. The van der Waals surface area contributed by atoms with E-state index in [0.29, 0.717) is 11.1 Å². The van der Waals surface area contributed by atoms with Crippen LogP contribution in [0.1, 0.15) is 37.2 Å². The fourth-order valence-corrected chi connectivity index (χ4v) is 4.84. The summed E-state index contributed by atoms with van der Waals surface area (Å²) in [7, 11) is 0. The second kappa shape index (κ2) is 11.1. The van der Waals surface area contributed by atoms with Crippen LogP contribution in [-0.2, 0) is 52.3 Å². The number of aliphatic hydroxyl groups excluding tert-OH is 1. The molecule has 0 aromatic heterocycles. The minimum Gasteiger partial charge on any atom is -0.454 e. The van der Waals surface area contributed by atoms with Crippen LogP contribution in [0.25, 0.3) is 0 Å². The lowest BCUT2D eigenvalue weighted by atomic mass is 9.82. The Morgan fingerprint density at radius 2 is 1.05 bits per heavy atom. The van der Waals surface area contributed by atoms with Crippen LogP contribution in [-0.4, -0.2) is 72.1 Å². The summed E-state index contributed by atoms with van der Waals surface area (Å²) in [5.74, 6) is -3.31. The zero-order valence-electron chi connectivity index (χ0n) is 20.9. The highest BCUT2D eigenvalue weighted by Gasteiger charge is 2.65. The van der Waals surface area contributed by atoms with Crippen molar-refractivity contribution < 1.29 is 57.4 Å². The number of aliphatic hydroxyl groups is 1. The zero-order valence-corrected chi connectivity index (χ0v) is 20.9. The van der Waals surface area contributed by atoms with Crippen LogP contribution in [0.5, 0.6) is 0 Å². The molecule has 3 heterocycles. The van der Waals surface area contributed by atoms with Gasteiger partial charge in [-0.1, -0.05) is 60.7 Å². The second-order valence-corrected chi connectivity index (χ2v) is 9.18. The molecule has 2 aromatic carbocycles. The van der Waals surface area contributed by atoms with Crippen molar-refractivity contribution in [2.75, 3.05) is 0 Å². The van der Waals surface area contributed by atoms with Gasteiger partial charge in [0.15, 0.2) is 12.2 Å². The Bertz CT molecular complexity index is 1130. The number of carbonyl (C=O) groups excluding carboxylic acids is 4. The van der Waals surface area contributed by atoms with E-state index in [9.17, 15) is 24.3 Å². The fraction of sp³-hybridized carbons (Fsp3) is 0.407. The maximum Gasteiger partial charge on any atom is 0.352 e. The molecule has 9 atom stereocenters. The van der Waals surface area contributed by atoms with Crippen molar-refractivity contribution in [1.82, 2.24) is 0 Å². The third kappa shape index (κ3) is 5.50. The molecule has 0 radical (unpaired) electrons. The Balaban J connectivity index is 1.38. The lowest BCUT2D eigenvalue weighted by Crippen LogP contribution is -2.76. The number of rotatable bonds is 8. The monoisotopic (exact) mass is 542 g/mol. The lowest BCUT2D eigenvalue weighted by molar-refractivity contribution is -0.480. The lowest BCUT2D eigenvalue weighted by Gasteiger charge is -2.56. The van der Waals surface area contributed by atoms with Crippen molar-refractivity contribution in [1.29, 1.82) is 0 Å². The van der Waals surface area contributed by atoms with Crippen LogP contribution in [0, 0.1) is 0 Å². The molecular weight excluding hydrogens is 516 g/mol. The zero-order chi connectivity index (χ0) is 27.7. The number of benzene rings is 2. The highest BCUT2D eigenvalue weighted by atomic mass is 16.9. The summed E-state index contributed by atoms with van der Waals surface area (Å²) in [6.45, 7) is 1.12. The Labute approximate surface area is 222 Å². The molecule has 12 heteroatoms. The van der Waals surface area contributed by atoms with Crippen molar-refractivity contribution >= 4 is 23.9 Å². The number of ether oxygens (including phenoxy) is 7. The van der Waals surface area contributed by atoms with Crippen molar-refractivity contribution in [2.24, 2.45) is 0 Å². The molecule has 1 N–H and O–H groups in total. The van der Waals surface area contributed by atoms with Crippen molar-refractivity contribution in [3.05, 3.63) is 71.8 Å². The quantitative estimate of drug-likeness (QED) is 0.377. The van der Waals surface area contributed by atoms with Gasteiger partial charge in [0, 0.05) is 25.0 Å². The van der Waals surface area contributed by atoms with E-state index >= 15 is 0 Å². The molecule has 3 unspecified atom stereocenters. The first-order valence-corrected chi connectivity index (χ1v) is 12.2. The normalized spacial score (nSPS) is 30.1. The van der Waals surface area contributed by atoms with Crippen LogP contribution in [0.4, 0.5) is 0 Å². The smallest absolute Gasteiger partial charge is 0.352 e. The van der Waals surface area contributed by atoms with Crippen LogP contribution in [0.2, 0.25) is 0 Å². The topological polar surface area (TPSA) is 153 Å². The molecule has 206 valence electrons. The third-order valence-corrected chi connectivity index (χ3v) is 6.48. The van der Waals surface area contributed by atoms with E-state index in [-0.39, 0.29) is 0 Å². The molecule has 12 nitrogen and oxygen atoms in total. The number of esters is 4. The Morgan fingerprint density at radius 3 is 1.44 bits per heavy atom. The van der Waals surface area contributed by atoms with Gasteiger partial charge in [-0.2, -0.15) is 0 Å². The molecule has 2 aromatic rings. The highest BCUT2D eigenvalue weighted by Crippen LogP contribution is 2.43. The Kier molecular flexibility index (Phi) is 7.62. The molecule has 0 spiro atoms. The van der Waals surface area contributed by atoms with Gasteiger partial charge in [-0.15, -0.1) is 0 Å². The Hall–Kier alpha value is -3.84. The van der Waals surface area contributed by atoms with Crippen LogP contribution in [0.3, 0.4) is 0 Å². The van der Waals surface area contributed by atoms with E-state index in [2.05, 4.69) is 0 Å². The van der Waals surface area contributed by atoms with E-state index in [1.165, 1.54) is 0 Å². The molecule has 1 aliphatic carbocycles. The van der Waals surface area contributed by atoms with Gasteiger partial charge in [-0.05, 0) is 0 Å². The molecule has 39 heavy (non-hydrogen) atoms. The summed E-state index contributed by atoms with van der Waals surface area (Å²) in [6.07, 6.45) is -9.93. The highest BCUT2D eigenvalue weighted by molar-refractivity contribution is 5.81. The molecule has 3 aliphatic heterocycles. The fourth-order valence-electron chi connectivity index (χ4n) is 4.84. The standard InChI is InChI=1S/C27H26O12/c1-13(28)33-18(15-9-5-3-6-10-15)25(31)35-22-20-17(30)21-23(24(22)39-27(37-20)38-21)36-26(32)19(34-14(2)29)16-11-7-4-8-12-16/h3-12,17-24,27,30H,1-2H3/t17?,18-,19-,20-,21+,22-,23-,24?,27?/m0/s1. The number of hydrogen-bond acceptors (Lipinski definition) is 12. The first-order valence-electron chi connectivity index (χ1n) is 12.2. The largest absolute Gasteiger partial charge is 0.454 e. The number of hydrogen-bond donors (Lipinski definition) is 1. The molecule has 6 rings (SSSR count). The minimum atomic E-state index is -1.40. The number of carbonyl (C=O) groups is 4. The van der Waals surface area contributed by atoms with E-state index in [1.54, 1.807) is 60.7 Å². The van der Waals surface area contributed by atoms with Crippen LogP contribution < -0.4 is 0 Å². The maximum absolute atomic E-state index is 13.2. The summed E-state index contributed by atoms with van der Waals surface area (Å²) >= 11 is 0. The van der Waals surface area contributed by atoms with Crippen molar-refractivity contribution in [3.63, 3.8) is 0 Å². The van der Waals surface area contributed by atoms with Gasteiger partial charge < -0.3 is 38.3 Å². The Morgan fingerprint density at radius 1 is 0.667 bits per heavy atom. The maximum atomic E-state index is 13.2. The average molecular weight is 542 g/mol. The van der Waals surface area contributed by atoms with Gasteiger partial charge in [0.2, 0.25) is 12.2 Å². The molecule has 3 saturated heterocycles. The molecule has 4 bridgehead atoms. The van der Waals surface area contributed by atoms with Gasteiger partial charge in [0.1, 0.15) is 24.4 Å². The van der Waals surface area contributed by atoms with Gasteiger partial charge in [-0.25, -0.2) is 9.59 Å². The summed E-state index contributed by atoms with van der Waals surface area (Å²) < 4.78 is 38.6. The SMILES string of the molecule is CC(=O)O[C@H](C(=O)O[C@@H]1C2OC3O[C@@H]1C(O)[C@H](O3)[C@@H]2OC(=O)[C@@H](OC(C)=O)c1ccccc1)c1ccccc1. The first kappa shape index (κ1) is 26.8. The van der Waals surface area contributed by atoms with Crippen molar-refractivity contribution in [3.8, 4) is 0 Å². The molecule has 4 fully saturated rings.